The number of halogens is 1. The standard InChI is InChI=1S/C16H23ClN4O/c1-2-18-16(21-13-9-12-4-5-14(13)22-12)19-8-7-11-3-6-15(17)20-10-11/h3,6,10,12-14H,2,4-5,7-9H2,1H3,(H2,18,19,21). The summed E-state index contributed by atoms with van der Waals surface area (Å²) in [6.07, 6.45) is 6.93. The van der Waals surface area contributed by atoms with Crippen molar-refractivity contribution in [3.8, 4) is 0 Å². The van der Waals surface area contributed by atoms with Crippen molar-refractivity contribution < 1.29 is 4.74 Å². The van der Waals surface area contributed by atoms with E-state index in [-0.39, 0.29) is 0 Å². The van der Waals surface area contributed by atoms with E-state index in [9.17, 15) is 0 Å². The van der Waals surface area contributed by atoms with E-state index in [0.717, 1.165) is 43.9 Å². The van der Waals surface area contributed by atoms with Crippen LogP contribution in [0.3, 0.4) is 0 Å². The second-order valence-electron chi connectivity index (χ2n) is 5.86. The fourth-order valence-electron chi connectivity index (χ4n) is 3.14. The Labute approximate surface area is 136 Å². The van der Waals surface area contributed by atoms with Gasteiger partial charge in [-0.1, -0.05) is 17.7 Å². The molecule has 120 valence electrons. The smallest absolute Gasteiger partial charge is 0.191 e. The van der Waals surface area contributed by atoms with Crippen LogP contribution < -0.4 is 10.6 Å². The molecule has 0 radical (unpaired) electrons. The monoisotopic (exact) mass is 322 g/mol. The fraction of sp³-hybridized carbons (Fsp3) is 0.625. The van der Waals surface area contributed by atoms with Gasteiger partial charge < -0.3 is 15.4 Å². The van der Waals surface area contributed by atoms with Crippen LogP contribution in [0.4, 0.5) is 0 Å². The second kappa shape index (κ2) is 7.29. The summed E-state index contributed by atoms with van der Waals surface area (Å²) in [7, 11) is 0. The molecule has 3 unspecified atom stereocenters. The van der Waals surface area contributed by atoms with Gasteiger partial charge in [0, 0.05) is 19.3 Å². The van der Waals surface area contributed by atoms with Gasteiger partial charge in [0.1, 0.15) is 5.15 Å². The number of ether oxygens (including phenoxy) is 1. The molecule has 3 rings (SSSR count). The van der Waals surface area contributed by atoms with Gasteiger partial charge in [0.25, 0.3) is 0 Å². The minimum absolute atomic E-state index is 0.356. The number of aliphatic imine (C=N–C) groups is 1. The van der Waals surface area contributed by atoms with Gasteiger partial charge >= 0.3 is 0 Å². The molecular formula is C16H23ClN4O. The Hall–Kier alpha value is -1.33. The zero-order chi connectivity index (χ0) is 15.4. The summed E-state index contributed by atoms with van der Waals surface area (Å²) in [6.45, 7) is 3.66. The van der Waals surface area contributed by atoms with E-state index in [2.05, 4.69) is 27.5 Å². The van der Waals surface area contributed by atoms with Crippen molar-refractivity contribution in [1.29, 1.82) is 0 Å². The Kier molecular flexibility index (Phi) is 5.16. The lowest BCUT2D eigenvalue weighted by Gasteiger charge is -2.22. The summed E-state index contributed by atoms with van der Waals surface area (Å²) < 4.78 is 5.88. The Morgan fingerprint density at radius 2 is 2.36 bits per heavy atom. The minimum Gasteiger partial charge on any atom is -0.373 e. The molecule has 0 saturated carbocycles. The summed E-state index contributed by atoms with van der Waals surface area (Å²) in [5.74, 6) is 0.880. The van der Waals surface area contributed by atoms with E-state index < -0.39 is 0 Å². The van der Waals surface area contributed by atoms with Crippen LogP contribution in [0.25, 0.3) is 0 Å². The van der Waals surface area contributed by atoms with Gasteiger partial charge in [-0.3, -0.25) is 4.99 Å². The molecule has 0 spiro atoms. The van der Waals surface area contributed by atoms with Gasteiger partial charge in [0.2, 0.25) is 0 Å². The van der Waals surface area contributed by atoms with Crippen molar-refractivity contribution in [3.63, 3.8) is 0 Å². The maximum Gasteiger partial charge on any atom is 0.191 e. The Bertz CT molecular complexity index is 519. The van der Waals surface area contributed by atoms with E-state index in [4.69, 9.17) is 16.3 Å². The highest BCUT2D eigenvalue weighted by molar-refractivity contribution is 6.29. The predicted octanol–water partition coefficient (Wildman–Crippen LogP) is 2.15. The lowest BCUT2D eigenvalue weighted by molar-refractivity contribution is 0.0992. The summed E-state index contributed by atoms with van der Waals surface area (Å²) >= 11 is 5.79. The van der Waals surface area contributed by atoms with Crippen LogP contribution in [-0.2, 0) is 11.2 Å². The molecule has 3 heterocycles. The molecule has 22 heavy (non-hydrogen) atoms. The van der Waals surface area contributed by atoms with Crippen molar-refractivity contribution in [2.45, 2.75) is 50.9 Å². The zero-order valence-corrected chi connectivity index (χ0v) is 13.6. The van der Waals surface area contributed by atoms with Crippen LogP contribution in [0, 0.1) is 0 Å². The van der Waals surface area contributed by atoms with Crippen LogP contribution in [0.15, 0.2) is 23.3 Å². The predicted molar refractivity (Wildman–Crippen MR) is 88.4 cm³/mol. The number of nitrogens with one attached hydrogen (secondary N) is 2. The lowest BCUT2D eigenvalue weighted by Crippen LogP contribution is -2.47. The van der Waals surface area contributed by atoms with Gasteiger partial charge in [0.05, 0.1) is 18.2 Å². The van der Waals surface area contributed by atoms with Crippen LogP contribution in [-0.4, -0.2) is 42.3 Å². The molecule has 6 heteroatoms. The first-order chi connectivity index (χ1) is 10.7. The highest BCUT2D eigenvalue weighted by atomic mass is 35.5. The lowest BCUT2D eigenvalue weighted by atomic mass is 9.96. The molecule has 2 N–H and O–H groups in total. The Morgan fingerprint density at radius 1 is 1.45 bits per heavy atom. The van der Waals surface area contributed by atoms with Crippen LogP contribution >= 0.6 is 11.6 Å². The average Bonchev–Trinajstić information content (AvgIpc) is 3.12. The van der Waals surface area contributed by atoms with Crippen molar-refractivity contribution >= 4 is 17.6 Å². The minimum atomic E-state index is 0.356. The number of guanidine groups is 1. The maximum atomic E-state index is 5.88. The number of rotatable bonds is 5. The Morgan fingerprint density at radius 3 is 3.00 bits per heavy atom. The maximum absolute atomic E-state index is 5.88. The number of pyridine rings is 1. The third-order valence-electron chi connectivity index (χ3n) is 4.23. The van der Waals surface area contributed by atoms with Crippen LogP contribution in [0.5, 0.6) is 0 Å². The van der Waals surface area contributed by atoms with Gasteiger partial charge in [-0.25, -0.2) is 4.98 Å². The summed E-state index contributed by atoms with van der Waals surface area (Å²) in [4.78, 5) is 8.75. The van der Waals surface area contributed by atoms with E-state index >= 15 is 0 Å². The first-order valence-corrected chi connectivity index (χ1v) is 8.43. The molecule has 2 aliphatic rings. The van der Waals surface area contributed by atoms with Crippen molar-refractivity contribution in [2.24, 2.45) is 4.99 Å². The van der Waals surface area contributed by atoms with E-state index in [0.29, 0.717) is 23.4 Å². The van der Waals surface area contributed by atoms with E-state index in [1.54, 1.807) is 0 Å². The molecule has 2 bridgehead atoms. The molecule has 1 aromatic heterocycles. The number of fused-ring (bicyclic) bond motifs is 2. The molecule has 2 aliphatic heterocycles. The van der Waals surface area contributed by atoms with Crippen LogP contribution in [0.2, 0.25) is 5.15 Å². The van der Waals surface area contributed by atoms with E-state index in [1.165, 1.54) is 6.42 Å². The van der Waals surface area contributed by atoms with E-state index in [1.807, 2.05) is 18.3 Å². The van der Waals surface area contributed by atoms with Gasteiger partial charge in [-0.15, -0.1) is 0 Å². The third-order valence-corrected chi connectivity index (χ3v) is 4.45. The normalized spacial score (nSPS) is 27.2. The molecule has 5 nitrogen and oxygen atoms in total. The molecule has 0 aromatic carbocycles. The van der Waals surface area contributed by atoms with Gasteiger partial charge in [0.15, 0.2) is 5.96 Å². The first kappa shape index (κ1) is 15.6. The van der Waals surface area contributed by atoms with Gasteiger partial charge in [-0.05, 0) is 44.2 Å². The van der Waals surface area contributed by atoms with Gasteiger partial charge in [-0.2, -0.15) is 0 Å². The molecule has 1 aromatic rings. The third kappa shape index (κ3) is 3.90. The highest BCUT2D eigenvalue weighted by Gasteiger charge is 2.41. The SMILES string of the molecule is CCNC(=NCCc1ccc(Cl)nc1)NC1CC2CCC1O2. The summed E-state index contributed by atoms with van der Waals surface area (Å²) in [5, 5.41) is 7.36. The molecular weight excluding hydrogens is 300 g/mol. The van der Waals surface area contributed by atoms with Crippen molar-refractivity contribution in [1.82, 2.24) is 15.6 Å². The molecule has 2 saturated heterocycles. The first-order valence-electron chi connectivity index (χ1n) is 8.05. The topological polar surface area (TPSA) is 58.5 Å². The molecule has 0 amide bonds. The molecule has 2 fully saturated rings. The highest BCUT2D eigenvalue weighted by Crippen LogP contribution is 2.34. The van der Waals surface area contributed by atoms with Crippen molar-refractivity contribution in [2.75, 3.05) is 13.1 Å². The number of nitrogens with zero attached hydrogens (tertiary/aromatic N) is 2. The fourth-order valence-corrected chi connectivity index (χ4v) is 3.25. The summed E-state index contributed by atoms with van der Waals surface area (Å²) in [5.41, 5.74) is 1.15. The second-order valence-corrected chi connectivity index (χ2v) is 6.25. The quantitative estimate of drug-likeness (QED) is 0.495. The number of hydrogen-bond acceptors (Lipinski definition) is 3. The Balaban J connectivity index is 1.52. The molecule has 0 aliphatic carbocycles. The van der Waals surface area contributed by atoms with Crippen LogP contribution in [0.1, 0.15) is 31.7 Å². The molecule has 3 atom stereocenters. The number of aromatic nitrogens is 1. The average molecular weight is 323 g/mol. The summed E-state index contributed by atoms with van der Waals surface area (Å²) in [6, 6.07) is 4.21. The largest absolute Gasteiger partial charge is 0.373 e. The number of hydrogen-bond donors (Lipinski definition) is 2. The van der Waals surface area contributed by atoms with Crippen molar-refractivity contribution in [3.05, 3.63) is 29.0 Å². The zero-order valence-electron chi connectivity index (χ0n) is 12.9.